The van der Waals surface area contributed by atoms with E-state index in [1.54, 1.807) is 0 Å². The highest BCUT2D eigenvalue weighted by atomic mass is 79.9. The lowest BCUT2D eigenvalue weighted by molar-refractivity contribution is 0.551. The molecule has 16 heavy (non-hydrogen) atoms. The van der Waals surface area contributed by atoms with E-state index in [-0.39, 0.29) is 0 Å². The van der Waals surface area contributed by atoms with Crippen molar-refractivity contribution >= 4 is 37.7 Å². The number of hydrogen-bond acceptors (Lipinski definition) is 2. The molecule has 0 amide bonds. The van der Waals surface area contributed by atoms with Crippen molar-refractivity contribution in [2.45, 2.75) is 6.54 Å². The van der Waals surface area contributed by atoms with Crippen molar-refractivity contribution in [3.8, 4) is 0 Å². The van der Waals surface area contributed by atoms with E-state index in [1.807, 2.05) is 18.2 Å². The molecule has 0 saturated carbocycles. The molecule has 0 bridgehead atoms. The van der Waals surface area contributed by atoms with Crippen LogP contribution in [0.2, 0.25) is 0 Å². The second kappa shape index (κ2) is 3.61. The molecule has 1 heterocycles. The first-order valence-electron chi connectivity index (χ1n) is 5.09. The van der Waals surface area contributed by atoms with Gasteiger partial charge < -0.3 is 10.2 Å². The lowest BCUT2D eigenvalue weighted by atomic mass is 10.1. The van der Waals surface area contributed by atoms with E-state index in [0.717, 1.165) is 26.6 Å². The standard InChI is InChI=1S/C13H10BrNO/c14-12-11-4-2-1-3-8(11)5-9-6-10(7-15)16-13(9)12/h1-6H,7,15H2. The summed E-state index contributed by atoms with van der Waals surface area (Å²) in [7, 11) is 0. The number of nitrogens with two attached hydrogens (primary N) is 1. The average Bonchev–Trinajstić information content (AvgIpc) is 2.73. The van der Waals surface area contributed by atoms with Gasteiger partial charge in [-0.2, -0.15) is 0 Å². The molecule has 3 heteroatoms. The molecule has 0 fully saturated rings. The Kier molecular flexibility index (Phi) is 2.23. The van der Waals surface area contributed by atoms with Crippen LogP contribution in [0.5, 0.6) is 0 Å². The fourth-order valence-corrected chi connectivity index (χ4v) is 2.62. The summed E-state index contributed by atoms with van der Waals surface area (Å²) in [6.45, 7) is 0.428. The average molecular weight is 276 g/mol. The molecule has 0 spiro atoms. The quantitative estimate of drug-likeness (QED) is 0.734. The molecule has 0 atom stereocenters. The van der Waals surface area contributed by atoms with Crippen LogP contribution in [0.25, 0.3) is 21.7 Å². The maximum Gasteiger partial charge on any atom is 0.149 e. The van der Waals surface area contributed by atoms with Crippen molar-refractivity contribution in [1.29, 1.82) is 0 Å². The SMILES string of the molecule is NCc1cc2cc3ccccc3c(Br)c2o1. The highest BCUT2D eigenvalue weighted by Crippen LogP contribution is 2.34. The molecule has 3 rings (SSSR count). The van der Waals surface area contributed by atoms with Crippen molar-refractivity contribution < 1.29 is 4.42 Å². The Bertz CT molecular complexity index is 672. The Hall–Kier alpha value is -1.32. The van der Waals surface area contributed by atoms with Crippen LogP contribution in [-0.2, 0) is 6.54 Å². The van der Waals surface area contributed by atoms with Gasteiger partial charge in [-0.1, -0.05) is 24.3 Å². The molecule has 1 aromatic heterocycles. The molecule has 2 N–H and O–H groups in total. The highest BCUT2D eigenvalue weighted by molar-refractivity contribution is 9.10. The summed E-state index contributed by atoms with van der Waals surface area (Å²) in [5.41, 5.74) is 6.45. The van der Waals surface area contributed by atoms with Crippen LogP contribution in [0.1, 0.15) is 5.76 Å². The van der Waals surface area contributed by atoms with E-state index in [9.17, 15) is 0 Å². The summed E-state index contributed by atoms with van der Waals surface area (Å²) >= 11 is 3.59. The number of hydrogen-bond donors (Lipinski definition) is 1. The molecule has 80 valence electrons. The monoisotopic (exact) mass is 275 g/mol. The third-order valence-corrected chi connectivity index (χ3v) is 3.51. The summed E-state index contributed by atoms with van der Waals surface area (Å²) in [6.07, 6.45) is 0. The van der Waals surface area contributed by atoms with E-state index in [4.69, 9.17) is 10.2 Å². The largest absolute Gasteiger partial charge is 0.459 e. The second-order valence-corrected chi connectivity index (χ2v) is 4.54. The number of fused-ring (bicyclic) bond motifs is 2. The molecule has 0 aliphatic heterocycles. The van der Waals surface area contributed by atoms with Gasteiger partial charge in [-0.25, -0.2) is 0 Å². The summed E-state index contributed by atoms with van der Waals surface area (Å²) in [6, 6.07) is 12.3. The summed E-state index contributed by atoms with van der Waals surface area (Å²) < 4.78 is 6.68. The zero-order valence-electron chi connectivity index (χ0n) is 8.53. The van der Waals surface area contributed by atoms with E-state index in [2.05, 4.69) is 34.1 Å². The first kappa shape index (κ1) is 9.87. The number of furan rings is 1. The first-order chi connectivity index (χ1) is 7.79. The molecule has 0 unspecified atom stereocenters. The molecule has 0 aliphatic carbocycles. The van der Waals surface area contributed by atoms with Crippen molar-refractivity contribution in [2.75, 3.05) is 0 Å². The van der Waals surface area contributed by atoms with Gasteiger partial charge in [-0.15, -0.1) is 0 Å². The van der Waals surface area contributed by atoms with Crippen molar-refractivity contribution in [3.05, 3.63) is 46.6 Å². The Labute approximate surface area is 101 Å². The molecule has 3 aromatic rings. The van der Waals surface area contributed by atoms with Crippen molar-refractivity contribution in [2.24, 2.45) is 5.73 Å². The van der Waals surface area contributed by atoms with Gasteiger partial charge in [0, 0.05) is 5.39 Å². The molecular formula is C13H10BrNO. The molecule has 2 aromatic carbocycles. The van der Waals surface area contributed by atoms with Crippen LogP contribution in [0.3, 0.4) is 0 Å². The smallest absolute Gasteiger partial charge is 0.149 e. The number of benzene rings is 2. The molecular weight excluding hydrogens is 266 g/mol. The first-order valence-corrected chi connectivity index (χ1v) is 5.88. The Morgan fingerprint density at radius 2 is 1.94 bits per heavy atom. The summed E-state index contributed by atoms with van der Waals surface area (Å²) in [4.78, 5) is 0. The maximum atomic E-state index is 5.68. The number of halogens is 1. The van der Waals surface area contributed by atoms with Crippen LogP contribution < -0.4 is 5.73 Å². The van der Waals surface area contributed by atoms with E-state index < -0.39 is 0 Å². The molecule has 0 radical (unpaired) electrons. The van der Waals surface area contributed by atoms with Crippen LogP contribution in [0, 0.1) is 0 Å². The van der Waals surface area contributed by atoms with E-state index >= 15 is 0 Å². The third kappa shape index (κ3) is 1.36. The molecule has 0 saturated heterocycles. The Balaban J connectivity index is 2.48. The maximum absolute atomic E-state index is 5.68. The molecule has 2 nitrogen and oxygen atoms in total. The van der Waals surface area contributed by atoms with Gasteiger partial charge in [0.25, 0.3) is 0 Å². The predicted octanol–water partition coefficient (Wildman–Crippen LogP) is 3.81. The van der Waals surface area contributed by atoms with Gasteiger partial charge in [0.1, 0.15) is 11.3 Å². The predicted molar refractivity (Wildman–Crippen MR) is 69.3 cm³/mol. The van der Waals surface area contributed by atoms with E-state index in [0.29, 0.717) is 6.54 Å². The van der Waals surface area contributed by atoms with E-state index in [1.165, 1.54) is 5.39 Å². The van der Waals surface area contributed by atoms with Crippen molar-refractivity contribution in [3.63, 3.8) is 0 Å². The fourth-order valence-electron chi connectivity index (χ4n) is 1.95. The zero-order valence-corrected chi connectivity index (χ0v) is 10.1. The second-order valence-electron chi connectivity index (χ2n) is 3.75. The van der Waals surface area contributed by atoms with Crippen LogP contribution >= 0.6 is 15.9 Å². The van der Waals surface area contributed by atoms with Gasteiger partial charge >= 0.3 is 0 Å². The summed E-state index contributed by atoms with van der Waals surface area (Å²) in [5, 5.41) is 3.45. The van der Waals surface area contributed by atoms with Gasteiger partial charge in [0.05, 0.1) is 11.0 Å². The van der Waals surface area contributed by atoms with Crippen LogP contribution in [0.4, 0.5) is 0 Å². The third-order valence-electron chi connectivity index (χ3n) is 2.72. The minimum atomic E-state index is 0.428. The lowest BCUT2D eigenvalue weighted by Crippen LogP contribution is -1.92. The zero-order chi connectivity index (χ0) is 11.1. The minimum absolute atomic E-state index is 0.428. The fraction of sp³-hybridized carbons (Fsp3) is 0.0769. The molecule has 0 aliphatic rings. The van der Waals surface area contributed by atoms with Gasteiger partial charge in [-0.3, -0.25) is 0 Å². The van der Waals surface area contributed by atoms with Crippen molar-refractivity contribution in [1.82, 2.24) is 0 Å². The van der Waals surface area contributed by atoms with Gasteiger partial charge in [0.15, 0.2) is 0 Å². The van der Waals surface area contributed by atoms with Crippen LogP contribution in [0.15, 0.2) is 45.3 Å². The Morgan fingerprint density at radius 3 is 2.75 bits per heavy atom. The van der Waals surface area contributed by atoms with Gasteiger partial charge in [0.2, 0.25) is 0 Å². The van der Waals surface area contributed by atoms with Gasteiger partial charge in [-0.05, 0) is 38.8 Å². The lowest BCUT2D eigenvalue weighted by Gasteiger charge is -2.00. The minimum Gasteiger partial charge on any atom is -0.459 e. The normalized spacial score (nSPS) is 11.4. The van der Waals surface area contributed by atoms with Crippen LogP contribution in [-0.4, -0.2) is 0 Å². The number of rotatable bonds is 1. The highest BCUT2D eigenvalue weighted by Gasteiger charge is 2.09. The summed E-state index contributed by atoms with van der Waals surface area (Å²) in [5.74, 6) is 0.811. The topological polar surface area (TPSA) is 39.2 Å². The Morgan fingerprint density at radius 1 is 1.12 bits per heavy atom.